The van der Waals surface area contributed by atoms with Gasteiger partial charge in [0.2, 0.25) is 0 Å². The number of benzene rings is 3. The largest absolute Gasteiger partial charge is 0.305 e. The predicted octanol–water partition coefficient (Wildman–Crippen LogP) is 9.58. The van der Waals surface area contributed by atoms with Crippen LogP contribution >= 0.6 is 11.3 Å². The molecule has 0 N–H and O–H groups in total. The predicted molar refractivity (Wildman–Crippen MR) is 172 cm³/mol. The van der Waals surface area contributed by atoms with Crippen molar-refractivity contribution in [2.45, 2.75) is 46.3 Å². The molecular weight excluding hydrogens is 720 g/mol. The van der Waals surface area contributed by atoms with Crippen LogP contribution in [0.25, 0.3) is 42.7 Å². The molecule has 3 aromatic carbocycles. The van der Waals surface area contributed by atoms with Crippen LogP contribution in [0.3, 0.4) is 0 Å². The molecule has 41 heavy (non-hydrogen) atoms. The molecule has 0 bridgehead atoms. The zero-order valence-corrected chi connectivity index (χ0v) is 27.9. The Kier molecular flexibility index (Phi) is 8.43. The first-order valence-electron chi connectivity index (χ1n) is 14.8. The fourth-order valence-corrected chi connectivity index (χ4v) is 6.69. The number of pyridine rings is 2. The fourth-order valence-electron chi connectivity index (χ4n) is 4.44. The van der Waals surface area contributed by atoms with Gasteiger partial charge >= 0.3 is 0 Å². The third kappa shape index (κ3) is 6.90. The first-order valence-corrected chi connectivity index (χ1v) is 17.6. The van der Waals surface area contributed by atoms with Gasteiger partial charge in [-0.3, -0.25) is 0 Å². The summed E-state index contributed by atoms with van der Waals surface area (Å²) in [6, 6.07) is 28.6. The van der Waals surface area contributed by atoms with E-state index < -0.39 is 14.9 Å². The minimum absolute atomic E-state index is 0. The van der Waals surface area contributed by atoms with Gasteiger partial charge in [-0.05, 0) is 44.7 Å². The number of halogens is 1. The molecule has 0 aliphatic rings. The summed E-state index contributed by atoms with van der Waals surface area (Å²) in [7, 11) is -1.34. The Bertz CT molecular complexity index is 1820. The molecule has 0 aliphatic heterocycles. The van der Waals surface area contributed by atoms with Crippen LogP contribution in [0.1, 0.15) is 35.0 Å². The van der Waals surface area contributed by atoms with E-state index in [2.05, 4.69) is 67.7 Å². The Morgan fingerprint density at radius 2 is 1.71 bits per heavy atom. The van der Waals surface area contributed by atoms with E-state index in [4.69, 9.17) is 4.11 Å². The summed E-state index contributed by atoms with van der Waals surface area (Å²) in [4.78, 5) is 8.99. The molecule has 0 aliphatic carbocycles. The Hall–Kier alpha value is -3.02. The molecule has 0 saturated heterocycles. The fraction of sp³-hybridized carbons (Fsp3) is 0.200. The van der Waals surface area contributed by atoms with Crippen molar-refractivity contribution in [1.29, 1.82) is 0 Å². The Labute approximate surface area is 265 Å². The van der Waals surface area contributed by atoms with Gasteiger partial charge in [-0.15, -0.1) is 59.2 Å². The molecule has 0 amide bonds. The number of hydrogen-bond acceptors (Lipinski definition) is 3. The Morgan fingerprint density at radius 3 is 2.37 bits per heavy atom. The van der Waals surface area contributed by atoms with Crippen molar-refractivity contribution < 1.29 is 28.6 Å². The van der Waals surface area contributed by atoms with Crippen LogP contribution < -0.4 is 5.19 Å². The molecule has 1 radical (unpaired) electrons. The van der Waals surface area contributed by atoms with Crippen molar-refractivity contribution in [1.82, 2.24) is 9.97 Å². The number of nitrogens with zero attached hydrogens (tertiary/aromatic N) is 2. The van der Waals surface area contributed by atoms with E-state index in [1.807, 2.05) is 42.7 Å². The maximum absolute atomic E-state index is 14.1. The first kappa shape index (κ1) is 26.8. The molecule has 3 heterocycles. The van der Waals surface area contributed by atoms with E-state index in [-0.39, 0.29) is 25.9 Å². The van der Waals surface area contributed by atoms with Gasteiger partial charge in [0.25, 0.3) is 0 Å². The van der Waals surface area contributed by atoms with Crippen LogP contribution in [0.2, 0.25) is 19.6 Å². The van der Waals surface area contributed by atoms with Gasteiger partial charge in [0, 0.05) is 36.6 Å². The van der Waals surface area contributed by atoms with Crippen LogP contribution in [0.15, 0.2) is 85.2 Å². The Balaban J connectivity index is 0.000000199. The molecule has 2 nitrogen and oxygen atoms in total. The number of thiophene rings is 1. The monoisotopic (exact) mass is 756 g/mol. The first-order chi connectivity index (χ1) is 20.3. The number of rotatable bonds is 4. The second-order valence-electron chi connectivity index (χ2n) is 11.1. The van der Waals surface area contributed by atoms with E-state index in [0.717, 1.165) is 38.0 Å². The van der Waals surface area contributed by atoms with Gasteiger partial charge in [0.05, 0.1) is 12.8 Å². The molecule has 6 heteroatoms. The van der Waals surface area contributed by atoms with Gasteiger partial charge in [-0.25, -0.2) is 4.39 Å². The standard InChI is InChI=1S/C20H15FNS.C15H18NSi.Ir/c1-12(2)13-9-10-22-18(11-13)16-7-3-5-14-15-6-4-8-17(21)20(15)23-19(14)16;1-12-5-7-13(8-6-12)15-10-9-14(11-16-15)17(2,3)4;/h3-6,8-12H,1-2H3;5-7,9-11H,1-4H3;/q2*-1;/i;1D3;. The summed E-state index contributed by atoms with van der Waals surface area (Å²) in [6.45, 7) is 9.09. The van der Waals surface area contributed by atoms with Crippen molar-refractivity contribution in [3.63, 3.8) is 0 Å². The number of aromatic nitrogens is 2. The minimum Gasteiger partial charge on any atom is -0.305 e. The zero-order chi connectivity index (χ0) is 30.9. The third-order valence-corrected chi connectivity index (χ3v) is 10.1. The summed E-state index contributed by atoms with van der Waals surface area (Å²) in [5.41, 5.74) is 5.04. The molecule has 3 aromatic heterocycles. The molecule has 0 atom stereocenters. The van der Waals surface area contributed by atoms with Crippen LogP contribution in [-0.2, 0) is 20.1 Å². The number of hydrogen-bond donors (Lipinski definition) is 0. The maximum Gasteiger partial charge on any atom is 0.140 e. The van der Waals surface area contributed by atoms with Crippen molar-refractivity contribution in [2.24, 2.45) is 0 Å². The molecule has 0 fully saturated rings. The van der Waals surface area contributed by atoms with Crippen LogP contribution in [0, 0.1) is 24.8 Å². The summed E-state index contributed by atoms with van der Waals surface area (Å²) in [5.74, 6) is 0.273. The van der Waals surface area contributed by atoms with E-state index >= 15 is 0 Å². The van der Waals surface area contributed by atoms with Gasteiger partial charge in [0.15, 0.2) is 0 Å². The molecule has 0 unspecified atom stereocenters. The van der Waals surface area contributed by atoms with E-state index in [1.165, 1.54) is 34.2 Å². The molecule has 6 rings (SSSR count). The van der Waals surface area contributed by atoms with Crippen molar-refractivity contribution in [3.8, 4) is 22.5 Å². The molecule has 0 spiro atoms. The SMILES string of the molecule is CC(C)c1ccnc(-c2[c-]ccc3c2sc2c(F)cccc23)c1.[2H]C([2H])([2H])c1c[c-]c(-c2ccc([Si](C)(C)C)cn2)cc1.[Ir]. The summed E-state index contributed by atoms with van der Waals surface area (Å²) in [5, 5.41) is 3.33. The summed E-state index contributed by atoms with van der Waals surface area (Å²) < 4.78 is 37.9. The van der Waals surface area contributed by atoms with Crippen molar-refractivity contribution >= 4 is 44.8 Å². The Morgan fingerprint density at radius 1 is 0.902 bits per heavy atom. The second kappa shape index (κ2) is 12.9. The van der Waals surface area contributed by atoms with Crippen molar-refractivity contribution in [3.05, 3.63) is 114 Å². The quantitative estimate of drug-likeness (QED) is 0.132. The smallest absolute Gasteiger partial charge is 0.140 e. The normalized spacial score (nSPS) is 12.7. The summed E-state index contributed by atoms with van der Waals surface area (Å²) >= 11 is 1.48. The minimum atomic E-state index is -2.08. The van der Waals surface area contributed by atoms with Gasteiger partial charge in [0.1, 0.15) is 5.82 Å². The third-order valence-electron chi connectivity index (χ3n) is 6.84. The van der Waals surface area contributed by atoms with Gasteiger partial charge < -0.3 is 9.97 Å². The van der Waals surface area contributed by atoms with Crippen LogP contribution in [0.5, 0.6) is 0 Å². The van der Waals surface area contributed by atoms with Crippen LogP contribution in [-0.4, -0.2) is 18.0 Å². The summed E-state index contributed by atoms with van der Waals surface area (Å²) in [6.07, 6.45) is 3.76. The van der Waals surface area contributed by atoms with Gasteiger partial charge in [-0.2, -0.15) is 11.3 Å². The average Bonchev–Trinajstić information content (AvgIpc) is 3.37. The van der Waals surface area contributed by atoms with Crippen LogP contribution in [0.4, 0.5) is 4.39 Å². The molecular formula is C35H33FIrN2SSi-2. The average molecular weight is 756 g/mol. The molecule has 211 valence electrons. The van der Waals surface area contributed by atoms with E-state index in [9.17, 15) is 4.39 Å². The zero-order valence-electron chi connectivity index (χ0n) is 26.7. The number of fused-ring (bicyclic) bond motifs is 3. The van der Waals surface area contributed by atoms with Gasteiger partial charge in [-0.1, -0.05) is 81.6 Å². The maximum atomic E-state index is 14.1. The topological polar surface area (TPSA) is 25.8 Å². The van der Waals surface area contributed by atoms with E-state index in [1.54, 1.807) is 18.2 Å². The molecule has 6 aromatic rings. The van der Waals surface area contributed by atoms with E-state index in [0.29, 0.717) is 16.2 Å². The second-order valence-corrected chi connectivity index (χ2v) is 17.2. The number of aryl methyl sites for hydroxylation is 1. The molecule has 0 saturated carbocycles. The van der Waals surface area contributed by atoms with Crippen molar-refractivity contribution in [2.75, 3.05) is 0 Å².